The average molecular weight is 375 g/mol. The summed E-state index contributed by atoms with van der Waals surface area (Å²) in [5.41, 5.74) is 4.30. The van der Waals surface area contributed by atoms with Crippen LogP contribution >= 0.6 is 0 Å². The maximum Gasteiger partial charge on any atom is 0.255 e. The molecular weight excluding hydrogens is 350 g/mol. The number of nitrogens with one attached hydrogen (secondary N) is 1. The van der Waals surface area contributed by atoms with E-state index in [2.05, 4.69) is 39.4 Å². The van der Waals surface area contributed by atoms with Gasteiger partial charge in [0.15, 0.2) is 0 Å². The Kier molecular flexibility index (Phi) is 4.30. The Morgan fingerprint density at radius 2 is 2.07 bits per heavy atom. The van der Waals surface area contributed by atoms with Crippen molar-refractivity contribution in [2.24, 2.45) is 0 Å². The lowest BCUT2D eigenvalue weighted by atomic mass is 9.92. The van der Waals surface area contributed by atoms with Crippen LogP contribution in [0.25, 0.3) is 0 Å². The van der Waals surface area contributed by atoms with Gasteiger partial charge in [-0.25, -0.2) is 0 Å². The van der Waals surface area contributed by atoms with Crippen molar-refractivity contribution in [1.82, 2.24) is 15.1 Å². The summed E-state index contributed by atoms with van der Waals surface area (Å²) in [6.45, 7) is 2.65. The van der Waals surface area contributed by atoms with Gasteiger partial charge >= 0.3 is 0 Å². The number of nitrogens with zero attached hydrogens (tertiary/aromatic N) is 2. The maximum atomic E-state index is 12.9. The molecule has 1 saturated carbocycles. The van der Waals surface area contributed by atoms with Crippen LogP contribution in [0.5, 0.6) is 0 Å². The minimum absolute atomic E-state index is 0.0134. The van der Waals surface area contributed by atoms with E-state index >= 15 is 0 Å². The molecule has 0 radical (unpaired) electrons. The Balaban J connectivity index is 1.34. The number of rotatable bonds is 5. The number of carbonyl (C=O) groups is 1. The largest absolute Gasteiger partial charge is 0.465 e. The highest BCUT2D eigenvalue weighted by Crippen LogP contribution is 2.41. The third-order valence-corrected chi connectivity index (χ3v) is 5.90. The molecule has 0 spiro atoms. The van der Waals surface area contributed by atoms with Crippen LogP contribution in [-0.4, -0.2) is 15.7 Å². The summed E-state index contributed by atoms with van der Waals surface area (Å²) in [7, 11) is 0. The number of hydrogen-bond donors (Lipinski definition) is 1. The smallest absolute Gasteiger partial charge is 0.255 e. The molecule has 2 aromatic heterocycles. The first kappa shape index (κ1) is 17.3. The van der Waals surface area contributed by atoms with Crippen LogP contribution < -0.4 is 5.32 Å². The molecule has 5 heteroatoms. The molecule has 2 aliphatic carbocycles. The fourth-order valence-corrected chi connectivity index (χ4v) is 4.20. The van der Waals surface area contributed by atoms with E-state index in [1.165, 1.54) is 24.1 Å². The first-order valence-electron chi connectivity index (χ1n) is 10.2. The van der Waals surface area contributed by atoms with Crippen LogP contribution in [0, 0.1) is 6.92 Å². The van der Waals surface area contributed by atoms with E-state index in [1.54, 1.807) is 0 Å². The summed E-state index contributed by atoms with van der Waals surface area (Å²) in [5.74, 6) is 2.15. The van der Waals surface area contributed by atoms with Crippen molar-refractivity contribution < 1.29 is 9.21 Å². The van der Waals surface area contributed by atoms with Crippen molar-refractivity contribution >= 4 is 5.91 Å². The van der Waals surface area contributed by atoms with Gasteiger partial charge in [0.2, 0.25) is 0 Å². The van der Waals surface area contributed by atoms with E-state index in [1.807, 2.05) is 25.3 Å². The molecule has 0 unspecified atom stereocenters. The van der Waals surface area contributed by atoms with Crippen molar-refractivity contribution in [3.05, 3.63) is 76.5 Å². The lowest BCUT2D eigenvalue weighted by Crippen LogP contribution is -2.31. The standard InChI is InChI=1S/C23H25N3O2/c1-15-18(12-22(28-15)17-10-11-17)23(27)25-20-8-5-9-21-19(20)13-24-26(21)14-16-6-3-2-4-7-16/h2-4,6-7,12-13,17,20H,5,8-11,14H2,1H3,(H,25,27)/t20-/m1/s1. The molecule has 2 heterocycles. The van der Waals surface area contributed by atoms with Crippen molar-refractivity contribution in [1.29, 1.82) is 0 Å². The van der Waals surface area contributed by atoms with Gasteiger partial charge in [0.25, 0.3) is 5.91 Å². The third-order valence-electron chi connectivity index (χ3n) is 5.90. The van der Waals surface area contributed by atoms with E-state index in [-0.39, 0.29) is 11.9 Å². The van der Waals surface area contributed by atoms with Gasteiger partial charge in [-0.2, -0.15) is 5.10 Å². The Bertz CT molecular complexity index is 998. The first-order chi connectivity index (χ1) is 13.7. The molecule has 1 atom stereocenters. The van der Waals surface area contributed by atoms with Crippen LogP contribution in [-0.2, 0) is 13.0 Å². The Labute approximate surface area is 164 Å². The highest BCUT2D eigenvalue weighted by molar-refractivity contribution is 5.95. The number of aryl methyl sites for hydroxylation is 1. The summed E-state index contributed by atoms with van der Waals surface area (Å²) in [4.78, 5) is 12.9. The van der Waals surface area contributed by atoms with Gasteiger partial charge in [-0.1, -0.05) is 30.3 Å². The van der Waals surface area contributed by atoms with Crippen LogP contribution in [0.2, 0.25) is 0 Å². The second-order valence-corrected chi connectivity index (χ2v) is 8.00. The molecule has 144 valence electrons. The van der Waals surface area contributed by atoms with Gasteiger partial charge in [0, 0.05) is 17.2 Å². The molecular formula is C23H25N3O2. The maximum absolute atomic E-state index is 12.9. The lowest BCUT2D eigenvalue weighted by molar-refractivity contribution is 0.0931. The predicted octanol–water partition coefficient (Wildman–Crippen LogP) is 4.52. The zero-order valence-corrected chi connectivity index (χ0v) is 16.1. The second-order valence-electron chi connectivity index (χ2n) is 8.00. The normalized spacial score (nSPS) is 18.7. The van der Waals surface area contributed by atoms with Crippen molar-refractivity contribution in [3.8, 4) is 0 Å². The summed E-state index contributed by atoms with van der Waals surface area (Å²) in [6, 6.07) is 12.3. The van der Waals surface area contributed by atoms with Gasteiger partial charge in [-0.15, -0.1) is 0 Å². The molecule has 3 aromatic rings. The van der Waals surface area contributed by atoms with Gasteiger partial charge < -0.3 is 9.73 Å². The molecule has 1 N–H and O–H groups in total. The molecule has 2 aliphatic rings. The van der Waals surface area contributed by atoms with Crippen molar-refractivity contribution in [2.45, 2.75) is 57.5 Å². The zero-order valence-electron chi connectivity index (χ0n) is 16.1. The van der Waals surface area contributed by atoms with E-state index in [9.17, 15) is 4.79 Å². The quantitative estimate of drug-likeness (QED) is 0.713. The molecule has 1 fully saturated rings. The van der Waals surface area contributed by atoms with Gasteiger partial charge in [-0.05, 0) is 50.7 Å². The highest BCUT2D eigenvalue weighted by atomic mass is 16.3. The SMILES string of the molecule is Cc1oc(C2CC2)cc1C(=O)N[C@@H]1CCCc2c1cnn2Cc1ccccc1. The monoisotopic (exact) mass is 375 g/mol. The Morgan fingerprint density at radius 3 is 2.86 bits per heavy atom. The summed E-state index contributed by atoms with van der Waals surface area (Å²) < 4.78 is 7.89. The number of amides is 1. The third kappa shape index (κ3) is 3.26. The van der Waals surface area contributed by atoms with E-state index < -0.39 is 0 Å². The van der Waals surface area contributed by atoms with E-state index in [0.29, 0.717) is 11.5 Å². The minimum atomic E-state index is -0.0400. The summed E-state index contributed by atoms with van der Waals surface area (Å²) >= 11 is 0. The zero-order chi connectivity index (χ0) is 19.1. The topological polar surface area (TPSA) is 60.1 Å². The molecule has 28 heavy (non-hydrogen) atoms. The first-order valence-corrected chi connectivity index (χ1v) is 10.2. The van der Waals surface area contributed by atoms with Gasteiger partial charge in [0.05, 0.1) is 24.3 Å². The van der Waals surface area contributed by atoms with Crippen molar-refractivity contribution in [2.75, 3.05) is 0 Å². The molecule has 0 bridgehead atoms. The predicted molar refractivity (Wildman–Crippen MR) is 106 cm³/mol. The number of benzene rings is 1. The summed E-state index contributed by atoms with van der Waals surface area (Å²) in [6.07, 6.45) is 7.27. The molecule has 1 aromatic carbocycles. The molecule has 1 amide bonds. The number of carbonyl (C=O) groups excluding carboxylic acids is 1. The van der Waals surface area contributed by atoms with Crippen LogP contribution in [0.3, 0.4) is 0 Å². The van der Waals surface area contributed by atoms with Crippen LogP contribution in [0.1, 0.15) is 76.3 Å². The molecule has 5 nitrogen and oxygen atoms in total. The van der Waals surface area contributed by atoms with E-state index in [0.717, 1.165) is 42.9 Å². The van der Waals surface area contributed by atoms with Crippen LogP contribution in [0.15, 0.2) is 47.0 Å². The Morgan fingerprint density at radius 1 is 1.25 bits per heavy atom. The number of fused-ring (bicyclic) bond motifs is 1. The highest BCUT2D eigenvalue weighted by Gasteiger charge is 2.31. The molecule has 0 aliphatic heterocycles. The number of aromatic nitrogens is 2. The molecule has 5 rings (SSSR count). The molecule has 0 saturated heterocycles. The van der Waals surface area contributed by atoms with E-state index in [4.69, 9.17) is 4.42 Å². The van der Waals surface area contributed by atoms with Gasteiger partial charge in [-0.3, -0.25) is 9.48 Å². The van der Waals surface area contributed by atoms with Crippen LogP contribution in [0.4, 0.5) is 0 Å². The average Bonchev–Trinajstić information content (AvgIpc) is 3.37. The number of hydrogen-bond acceptors (Lipinski definition) is 3. The fraction of sp³-hybridized carbons (Fsp3) is 0.391. The summed E-state index contributed by atoms with van der Waals surface area (Å²) in [5, 5.41) is 7.85. The van der Waals surface area contributed by atoms with Gasteiger partial charge in [0.1, 0.15) is 11.5 Å². The Hall–Kier alpha value is -2.82. The number of furan rings is 1. The second kappa shape index (κ2) is 6.97. The minimum Gasteiger partial charge on any atom is -0.465 e. The lowest BCUT2D eigenvalue weighted by Gasteiger charge is -2.24. The van der Waals surface area contributed by atoms with Crippen molar-refractivity contribution in [3.63, 3.8) is 0 Å². The fourth-order valence-electron chi connectivity index (χ4n) is 4.20.